The first-order valence-corrected chi connectivity index (χ1v) is 6.55. The molecular formula is C14H22N2O2. The second-order valence-corrected chi connectivity index (χ2v) is 5.11. The topological polar surface area (TPSA) is 69.7 Å². The predicted molar refractivity (Wildman–Crippen MR) is 72.1 cm³/mol. The first-order valence-electron chi connectivity index (χ1n) is 6.55. The lowest BCUT2D eigenvalue weighted by Crippen LogP contribution is -2.26. The molecule has 1 aromatic carbocycles. The Labute approximate surface area is 108 Å². The Hall–Kier alpha value is -1.10. The minimum atomic E-state index is -0.485. The van der Waals surface area contributed by atoms with Gasteiger partial charge in [-0.3, -0.25) is 0 Å². The van der Waals surface area contributed by atoms with Gasteiger partial charge in [0, 0.05) is 25.4 Å². The third-order valence-corrected chi connectivity index (χ3v) is 3.63. The largest absolute Gasteiger partial charge is 0.399 e. The summed E-state index contributed by atoms with van der Waals surface area (Å²) < 4.78 is 0. The van der Waals surface area contributed by atoms with Crippen LogP contribution in [0.3, 0.4) is 0 Å². The zero-order chi connectivity index (χ0) is 13.0. The molecule has 0 spiro atoms. The minimum absolute atomic E-state index is 0.260. The molecule has 1 aliphatic rings. The van der Waals surface area contributed by atoms with Crippen molar-refractivity contribution in [3.05, 3.63) is 29.8 Å². The smallest absolute Gasteiger partial charge is 0.0917 e. The summed E-state index contributed by atoms with van der Waals surface area (Å²) in [6, 6.07) is 7.42. The molecular weight excluding hydrogens is 228 g/mol. The van der Waals surface area contributed by atoms with E-state index in [1.54, 1.807) is 0 Å². The van der Waals surface area contributed by atoms with Crippen LogP contribution in [0.15, 0.2) is 24.3 Å². The van der Waals surface area contributed by atoms with Crippen molar-refractivity contribution in [2.75, 3.05) is 32.0 Å². The first-order chi connectivity index (χ1) is 8.69. The van der Waals surface area contributed by atoms with Gasteiger partial charge in [0.05, 0.1) is 6.10 Å². The van der Waals surface area contributed by atoms with E-state index in [1.165, 1.54) is 0 Å². The average molecular weight is 250 g/mol. The number of rotatable bonds is 5. The van der Waals surface area contributed by atoms with E-state index in [9.17, 15) is 5.11 Å². The molecule has 1 aromatic rings. The Kier molecular flexibility index (Phi) is 4.58. The average Bonchev–Trinajstić information content (AvgIpc) is 2.77. The molecule has 1 heterocycles. The van der Waals surface area contributed by atoms with Gasteiger partial charge in [0.2, 0.25) is 0 Å². The fourth-order valence-electron chi connectivity index (χ4n) is 2.61. The van der Waals surface area contributed by atoms with E-state index in [-0.39, 0.29) is 6.61 Å². The van der Waals surface area contributed by atoms with E-state index in [0.29, 0.717) is 18.2 Å². The molecule has 2 rings (SSSR count). The highest BCUT2D eigenvalue weighted by Gasteiger charge is 2.24. The maximum atomic E-state index is 10.2. The van der Waals surface area contributed by atoms with E-state index in [2.05, 4.69) is 4.90 Å². The van der Waals surface area contributed by atoms with Gasteiger partial charge in [0.15, 0.2) is 0 Å². The molecule has 1 fully saturated rings. The Morgan fingerprint density at radius 1 is 1.44 bits per heavy atom. The maximum absolute atomic E-state index is 10.2. The van der Waals surface area contributed by atoms with E-state index < -0.39 is 6.10 Å². The van der Waals surface area contributed by atoms with Crippen LogP contribution in [0.25, 0.3) is 0 Å². The number of nitrogen functional groups attached to an aromatic ring is 1. The molecule has 2 atom stereocenters. The number of hydrogen-bond acceptors (Lipinski definition) is 4. The molecule has 100 valence electrons. The Balaban J connectivity index is 1.86. The van der Waals surface area contributed by atoms with E-state index >= 15 is 0 Å². The molecule has 0 saturated carbocycles. The van der Waals surface area contributed by atoms with E-state index in [1.807, 2.05) is 24.3 Å². The third-order valence-electron chi connectivity index (χ3n) is 3.63. The fourth-order valence-corrected chi connectivity index (χ4v) is 2.61. The third kappa shape index (κ3) is 3.45. The number of anilines is 1. The van der Waals surface area contributed by atoms with Crippen molar-refractivity contribution in [3.8, 4) is 0 Å². The summed E-state index contributed by atoms with van der Waals surface area (Å²) >= 11 is 0. The van der Waals surface area contributed by atoms with Crippen LogP contribution in [-0.4, -0.2) is 41.4 Å². The van der Waals surface area contributed by atoms with Crippen molar-refractivity contribution >= 4 is 5.69 Å². The fraction of sp³-hybridized carbons (Fsp3) is 0.571. The lowest BCUT2D eigenvalue weighted by molar-refractivity contribution is 0.123. The Bertz CT molecular complexity index is 384. The number of β-amino-alcohol motifs (C(OH)–C–C–N with tert-alkyl or cyclic N) is 1. The van der Waals surface area contributed by atoms with E-state index in [0.717, 1.165) is 31.5 Å². The number of hydrogen-bond donors (Lipinski definition) is 3. The monoisotopic (exact) mass is 250 g/mol. The molecule has 0 aliphatic carbocycles. The first kappa shape index (κ1) is 13.3. The van der Waals surface area contributed by atoms with Crippen molar-refractivity contribution < 1.29 is 10.2 Å². The summed E-state index contributed by atoms with van der Waals surface area (Å²) in [5, 5.41) is 19.1. The van der Waals surface area contributed by atoms with Crippen molar-refractivity contribution in [1.82, 2.24) is 4.90 Å². The number of nitrogens with zero attached hydrogens (tertiary/aromatic N) is 1. The summed E-state index contributed by atoms with van der Waals surface area (Å²) in [6.07, 6.45) is 1.50. The standard InChI is InChI=1S/C14H22N2O2/c15-13-3-1-2-12(8-13)14(18)10-16-6-4-11(9-16)5-7-17/h1-3,8,11,14,17-18H,4-7,9-10,15H2. The number of aliphatic hydroxyl groups is 2. The Morgan fingerprint density at radius 3 is 3.00 bits per heavy atom. The molecule has 4 N–H and O–H groups in total. The van der Waals surface area contributed by atoms with E-state index in [4.69, 9.17) is 10.8 Å². The highest BCUT2D eigenvalue weighted by atomic mass is 16.3. The summed E-state index contributed by atoms with van der Waals surface area (Å²) in [5.41, 5.74) is 7.28. The molecule has 0 bridgehead atoms. The van der Waals surface area contributed by atoms with Crippen LogP contribution < -0.4 is 5.73 Å². The molecule has 4 nitrogen and oxygen atoms in total. The highest BCUT2D eigenvalue weighted by molar-refractivity contribution is 5.41. The van der Waals surface area contributed by atoms with Gasteiger partial charge in [-0.2, -0.15) is 0 Å². The van der Waals surface area contributed by atoms with Gasteiger partial charge in [-0.15, -0.1) is 0 Å². The van der Waals surface area contributed by atoms with Gasteiger partial charge in [-0.25, -0.2) is 0 Å². The van der Waals surface area contributed by atoms with Crippen molar-refractivity contribution in [2.45, 2.75) is 18.9 Å². The zero-order valence-electron chi connectivity index (χ0n) is 10.6. The van der Waals surface area contributed by atoms with Crippen LogP contribution in [0.4, 0.5) is 5.69 Å². The maximum Gasteiger partial charge on any atom is 0.0917 e. The highest BCUT2D eigenvalue weighted by Crippen LogP contribution is 2.23. The molecule has 0 radical (unpaired) electrons. The molecule has 2 unspecified atom stereocenters. The summed E-state index contributed by atoms with van der Waals surface area (Å²) in [6.45, 7) is 2.88. The number of benzene rings is 1. The van der Waals surface area contributed by atoms with Crippen LogP contribution in [0.2, 0.25) is 0 Å². The van der Waals surface area contributed by atoms with Gasteiger partial charge >= 0.3 is 0 Å². The summed E-state index contributed by atoms with van der Waals surface area (Å²) in [4.78, 5) is 2.26. The quantitative estimate of drug-likeness (QED) is 0.682. The minimum Gasteiger partial charge on any atom is -0.399 e. The second-order valence-electron chi connectivity index (χ2n) is 5.11. The Morgan fingerprint density at radius 2 is 2.28 bits per heavy atom. The summed E-state index contributed by atoms with van der Waals surface area (Å²) in [5.74, 6) is 0.572. The van der Waals surface area contributed by atoms with Crippen molar-refractivity contribution in [1.29, 1.82) is 0 Å². The van der Waals surface area contributed by atoms with Crippen LogP contribution >= 0.6 is 0 Å². The normalized spacial score (nSPS) is 22.2. The molecule has 0 amide bonds. The second kappa shape index (κ2) is 6.18. The molecule has 1 saturated heterocycles. The molecule has 1 aliphatic heterocycles. The number of likely N-dealkylation sites (tertiary alicyclic amines) is 1. The lowest BCUT2D eigenvalue weighted by atomic mass is 10.1. The number of nitrogens with two attached hydrogens (primary N) is 1. The van der Waals surface area contributed by atoms with Crippen molar-refractivity contribution in [3.63, 3.8) is 0 Å². The SMILES string of the molecule is Nc1cccc(C(O)CN2CCC(CCO)C2)c1. The zero-order valence-corrected chi connectivity index (χ0v) is 10.6. The lowest BCUT2D eigenvalue weighted by Gasteiger charge is -2.20. The van der Waals surface area contributed by atoms with Gasteiger partial charge in [-0.05, 0) is 43.0 Å². The number of aliphatic hydroxyl groups excluding tert-OH is 2. The van der Waals surface area contributed by atoms with Crippen LogP contribution in [0.5, 0.6) is 0 Å². The van der Waals surface area contributed by atoms with Gasteiger partial charge in [0.1, 0.15) is 0 Å². The van der Waals surface area contributed by atoms with Crippen LogP contribution in [-0.2, 0) is 0 Å². The summed E-state index contributed by atoms with van der Waals surface area (Å²) in [7, 11) is 0. The van der Waals surface area contributed by atoms with Crippen LogP contribution in [0.1, 0.15) is 24.5 Å². The van der Waals surface area contributed by atoms with Crippen LogP contribution in [0, 0.1) is 5.92 Å². The van der Waals surface area contributed by atoms with Gasteiger partial charge in [0.25, 0.3) is 0 Å². The van der Waals surface area contributed by atoms with Gasteiger partial charge in [-0.1, -0.05) is 12.1 Å². The molecule has 18 heavy (non-hydrogen) atoms. The predicted octanol–water partition coefficient (Wildman–Crippen LogP) is 1.01. The molecule has 0 aromatic heterocycles. The van der Waals surface area contributed by atoms with Gasteiger partial charge < -0.3 is 20.8 Å². The molecule has 4 heteroatoms. The van der Waals surface area contributed by atoms with Crippen molar-refractivity contribution in [2.24, 2.45) is 5.92 Å².